The first-order valence-electron chi connectivity index (χ1n) is 5.28. The van der Waals surface area contributed by atoms with Gasteiger partial charge in [-0.3, -0.25) is 9.69 Å². The van der Waals surface area contributed by atoms with Gasteiger partial charge in [-0.15, -0.1) is 0 Å². The van der Waals surface area contributed by atoms with Gasteiger partial charge in [0.25, 0.3) is 0 Å². The molecular formula is C10H20N2O2. The summed E-state index contributed by atoms with van der Waals surface area (Å²) >= 11 is 0. The normalized spacial score (nSPS) is 24.1. The van der Waals surface area contributed by atoms with Gasteiger partial charge in [0.15, 0.2) is 0 Å². The van der Waals surface area contributed by atoms with Crippen molar-refractivity contribution in [2.24, 2.45) is 5.92 Å². The van der Waals surface area contributed by atoms with Crippen LogP contribution >= 0.6 is 0 Å². The minimum absolute atomic E-state index is 0.253. The molecule has 0 aromatic heterocycles. The molecule has 1 atom stereocenters. The van der Waals surface area contributed by atoms with Crippen molar-refractivity contribution >= 4 is 5.97 Å². The second-order valence-electron chi connectivity index (χ2n) is 4.20. The number of piperazine rings is 1. The molecule has 1 fully saturated rings. The van der Waals surface area contributed by atoms with Crippen molar-refractivity contribution in [3.05, 3.63) is 0 Å². The van der Waals surface area contributed by atoms with E-state index < -0.39 is 5.97 Å². The van der Waals surface area contributed by atoms with E-state index in [9.17, 15) is 4.79 Å². The van der Waals surface area contributed by atoms with E-state index in [1.54, 1.807) is 0 Å². The maximum atomic E-state index is 10.5. The van der Waals surface area contributed by atoms with Crippen molar-refractivity contribution in [1.29, 1.82) is 0 Å². The van der Waals surface area contributed by atoms with Crippen LogP contribution in [0.5, 0.6) is 0 Å². The maximum absolute atomic E-state index is 10.5. The van der Waals surface area contributed by atoms with Gasteiger partial charge in [-0.05, 0) is 5.92 Å². The SMILES string of the molecule is CC(C)C1CNCCN1CCC(=O)O. The Labute approximate surface area is 85.3 Å². The van der Waals surface area contributed by atoms with Gasteiger partial charge in [0.2, 0.25) is 0 Å². The lowest BCUT2D eigenvalue weighted by Gasteiger charge is -2.38. The predicted octanol–water partition coefficient (Wildman–Crippen LogP) is 0.391. The summed E-state index contributed by atoms with van der Waals surface area (Å²) in [4.78, 5) is 12.8. The summed E-state index contributed by atoms with van der Waals surface area (Å²) in [7, 11) is 0. The molecule has 1 rings (SSSR count). The van der Waals surface area contributed by atoms with Crippen LogP contribution in [0.1, 0.15) is 20.3 Å². The molecule has 1 saturated heterocycles. The van der Waals surface area contributed by atoms with Crippen LogP contribution < -0.4 is 5.32 Å². The second kappa shape index (κ2) is 5.32. The lowest BCUT2D eigenvalue weighted by molar-refractivity contribution is -0.137. The summed E-state index contributed by atoms with van der Waals surface area (Å²) in [5.74, 6) is -0.123. The summed E-state index contributed by atoms with van der Waals surface area (Å²) in [6.45, 7) is 7.98. The molecule has 82 valence electrons. The number of aliphatic carboxylic acids is 1. The van der Waals surface area contributed by atoms with E-state index in [0.717, 1.165) is 19.6 Å². The molecule has 14 heavy (non-hydrogen) atoms. The number of carboxylic acid groups (broad SMARTS) is 1. The highest BCUT2D eigenvalue weighted by Crippen LogP contribution is 2.12. The van der Waals surface area contributed by atoms with Crippen molar-refractivity contribution in [3.8, 4) is 0 Å². The number of rotatable bonds is 4. The molecular weight excluding hydrogens is 180 g/mol. The third kappa shape index (κ3) is 3.27. The highest BCUT2D eigenvalue weighted by atomic mass is 16.4. The van der Waals surface area contributed by atoms with E-state index in [1.165, 1.54) is 0 Å². The van der Waals surface area contributed by atoms with Gasteiger partial charge in [-0.2, -0.15) is 0 Å². The van der Waals surface area contributed by atoms with Crippen LogP contribution in [-0.4, -0.2) is 48.2 Å². The molecule has 4 heteroatoms. The van der Waals surface area contributed by atoms with Crippen molar-refractivity contribution in [1.82, 2.24) is 10.2 Å². The molecule has 1 aliphatic heterocycles. The average Bonchev–Trinajstić information content (AvgIpc) is 2.15. The summed E-state index contributed by atoms with van der Waals surface area (Å²) in [5.41, 5.74) is 0. The molecule has 0 aromatic carbocycles. The third-order valence-electron chi connectivity index (χ3n) is 2.78. The van der Waals surface area contributed by atoms with Crippen molar-refractivity contribution in [3.63, 3.8) is 0 Å². The van der Waals surface area contributed by atoms with Crippen LogP contribution in [0.25, 0.3) is 0 Å². The highest BCUT2D eigenvalue weighted by molar-refractivity contribution is 5.66. The molecule has 0 aromatic rings. The first-order chi connectivity index (χ1) is 6.61. The molecule has 0 aliphatic carbocycles. The van der Waals surface area contributed by atoms with Crippen molar-refractivity contribution < 1.29 is 9.90 Å². The van der Waals surface area contributed by atoms with Crippen LogP contribution in [0.3, 0.4) is 0 Å². The Balaban J connectivity index is 2.41. The van der Waals surface area contributed by atoms with Crippen molar-refractivity contribution in [2.75, 3.05) is 26.2 Å². The first-order valence-corrected chi connectivity index (χ1v) is 5.28. The standard InChI is InChI=1S/C10H20N2O2/c1-8(2)9-7-11-4-6-12(9)5-3-10(13)14/h8-9,11H,3-7H2,1-2H3,(H,13,14). The zero-order chi connectivity index (χ0) is 10.6. The van der Waals surface area contributed by atoms with Crippen LogP contribution in [0.2, 0.25) is 0 Å². The monoisotopic (exact) mass is 200 g/mol. The Hall–Kier alpha value is -0.610. The number of carbonyl (C=O) groups is 1. The largest absolute Gasteiger partial charge is 0.481 e. The van der Waals surface area contributed by atoms with E-state index in [2.05, 4.69) is 24.1 Å². The first kappa shape index (κ1) is 11.5. The van der Waals surface area contributed by atoms with E-state index in [-0.39, 0.29) is 6.42 Å². The van der Waals surface area contributed by atoms with Crippen LogP contribution in [0.15, 0.2) is 0 Å². The Kier molecular flexibility index (Phi) is 4.35. The molecule has 0 radical (unpaired) electrons. The molecule has 0 spiro atoms. The molecule has 0 amide bonds. The summed E-state index contributed by atoms with van der Waals surface area (Å²) in [6.07, 6.45) is 0.253. The van der Waals surface area contributed by atoms with Gasteiger partial charge < -0.3 is 10.4 Å². The molecule has 0 saturated carbocycles. The molecule has 2 N–H and O–H groups in total. The molecule has 1 unspecified atom stereocenters. The molecule has 1 heterocycles. The van der Waals surface area contributed by atoms with Gasteiger partial charge in [0, 0.05) is 32.2 Å². The lowest BCUT2D eigenvalue weighted by Crippen LogP contribution is -2.53. The topological polar surface area (TPSA) is 52.6 Å². The van der Waals surface area contributed by atoms with Gasteiger partial charge in [0.1, 0.15) is 0 Å². The van der Waals surface area contributed by atoms with E-state index in [0.29, 0.717) is 18.5 Å². The highest BCUT2D eigenvalue weighted by Gasteiger charge is 2.24. The quantitative estimate of drug-likeness (QED) is 0.689. The summed E-state index contributed by atoms with van der Waals surface area (Å²) in [5, 5.41) is 12.0. The van der Waals surface area contributed by atoms with Crippen LogP contribution in [0.4, 0.5) is 0 Å². The van der Waals surface area contributed by atoms with Gasteiger partial charge in [0.05, 0.1) is 6.42 Å². The fraction of sp³-hybridized carbons (Fsp3) is 0.900. The van der Waals surface area contributed by atoms with Gasteiger partial charge in [-0.1, -0.05) is 13.8 Å². The Morgan fingerprint density at radius 1 is 1.64 bits per heavy atom. The smallest absolute Gasteiger partial charge is 0.304 e. The minimum Gasteiger partial charge on any atom is -0.481 e. The van der Waals surface area contributed by atoms with E-state index in [1.807, 2.05) is 0 Å². The molecule has 4 nitrogen and oxygen atoms in total. The van der Waals surface area contributed by atoms with E-state index >= 15 is 0 Å². The maximum Gasteiger partial charge on any atom is 0.304 e. The number of hydrogen-bond donors (Lipinski definition) is 2. The Morgan fingerprint density at radius 2 is 2.36 bits per heavy atom. The van der Waals surface area contributed by atoms with Gasteiger partial charge >= 0.3 is 5.97 Å². The average molecular weight is 200 g/mol. The van der Waals surface area contributed by atoms with E-state index in [4.69, 9.17) is 5.11 Å². The number of nitrogens with zero attached hydrogens (tertiary/aromatic N) is 1. The predicted molar refractivity (Wildman–Crippen MR) is 55.3 cm³/mol. The molecule has 0 bridgehead atoms. The fourth-order valence-electron chi connectivity index (χ4n) is 1.94. The lowest BCUT2D eigenvalue weighted by atomic mass is 10.0. The number of nitrogens with one attached hydrogen (secondary N) is 1. The number of carboxylic acids is 1. The Bertz CT molecular complexity index is 195. The van der Waals surface area contributed by atoms with Gasteiger partial charge in [-0.25, -0.2) is 0 Å². The van der Waals surface area contributed by atoms with Crippen LogP contribution in [0, 0.1) is 5.92 Å². The van der Waals surface area contributed by atoms with Crippen molar-refractivity contribution in [2.45, 2.75) is 26.3 Å². The zero-order valence-corrected chi connectivity index (χ0v) is 8.99. The molecule has 1 aliphatic rings. The number of hydrogen-bond acceptors (Lipinski definition) is 3. The summed E-state index contributed by atoms with van der Waals surface area (Å²) < 4.78 is 0. The second-order valence-corrected chi connectivity index (χ2v) is 4.20. The third-order valence-corrected chi connectivity index (χ3v) is 2.78. The van der Waals surface area contributed by atoms with Crippen LogP contribution in [-0.2, 0) is 4.79 Å². The Morgan fingerprint density at radius 3 is 2.93 bits per heavy atom. The zero-order valence-electron chi connectivity index (χ0n) is 8.99. The summed E-state index contributed by atoms with van der Waals surface area (Å²) in [6, 6.07) is 0.489. The fourth-order valence-corrected chi connectivity index (χ4v) is 1.94. The minimum atomic E-state index is -0.703.